The van der Waals surface area contributed by atoms with Gasteiger partial charge in [-0.2, -0.15) is 5.26 Å². The highest BCUT2D eigenvalue weighted by molar-refractivity contribution is 7.16. The summed E-state index contributed by atoms with van der Waals surface area (Å²) in [6, 6.07) is 6.50. The highest BCUT2D eigenvalue weighted by Crippen LogP contribution is 2.35. The smallest absolute Gasteiger partial charge is 0.187 e. The van der Waals surface area contributed by atoms with E-state index in [1.807, 2.05) is 6.07 Å². The second-order valence-corrected chi connectivity index (χ2v) is 8.40. The van der Waals surface area contributed by atoms with E-state index in [0.29, 0.717) is 11.3 Å². The monoisotopic (exact) mass is 395 g/mol. The van der Waals surface area contributed by atoms with E-state index in [0.717, 1.165) is 61.3 Å². The number of ether oxygens (including phenoxy) is 1. The molecule has 1 atom stereocenters. The van der Waals surface area contributed by atoms with Crippen molar-refractivity contribution >= 4 is 16.5 Å². The first-order valence-corrected chi connectivity index (χ1v) is 10.5. The Hall–Kier alpha value is -2.41. The molecule has 0 aliphatic carbocycles. The molecule has 2 saturated heterocycles. The summed E-state index contributed by atoms with van der Waals surface area (Å²) in [5, 5.41) is 9.92. The van der Waals surface area contributed by atoms with Crippen molar-refractivity contribution in [3.63, 3.8) is 0 Å². The first kappa shape index (κ1) is 18.9. The molecule has 0 N–H and O–H groups in total. The molecule has 0 saturated carbocycles. The van der Waals surface area contributed by atoms with Gasteiger partial charge in [0.05, 0.1) is 11.3 Å². The number of rotatable bonds is 2. The summed E-state index contributed by atoms with van der Waals surface area (Å²) in [5.41, 5.74) is 1.38. The van der Waals surface area contributed by atoms with Crippen LogP contribution in [-0.4, -0.2) is 30.8 Å². The normalized spacial score (nSPS) is 19.9. The zero-order valence-electron chi connectivity index (χ0n) is 15.9. The standard InChI is InChI=1S/C22H22FN3OS/c1-15-8-10-26(11-9-15)22-25-21(16-4-5-17(14-24)19(23)13-16)20(28-22)7-6-18-3-2-12-27-18/h4-5,13,15,18H,2-3,8-12H2,1H3. The van der Waals surface area contributed by atoms with E-state index in [-0.39, 0.29) is 11.7 Å². The van der Waals surface area contributed by atoms with E-state index in [1.165, 1.54) is 12.1 Å². The molecule has 4 rings (SSSR count). The molecule has 2 aliphatic rings. The molecule has 4 nitrogen and oxygen atoms in total. The largest absolute Gasteiger partial charge is 0.366 e. The molecule has 0 amide bonds. The maximum absolute atomic E-state index is 14.2. The minimum atomic E-state index is -0.528. The van der Waals surface area contributed by atoms with Crippen molar-refractivity contribution in [2.45, 2.75) is 38.7 Å². The number of anilines is 1. The van der Waals surface area contributed by atoms with Gasteiger partial charge in [0.15, 0.2) is 5.13 Å². The minimum absolute atomic E-state index is 0.0352. The van der Waals surface area contributed by atoms with Gasteiger partial charge in [-0.1, -0.05) is 36.2 Å². The third kappa shape index (κ3) is 4.04. The van der Waals surface area contributed by atoms with Crippen molar-refractivity contribution in [3.8, 4) is 29.2 Å². The molecule has 1 aromatic carbocycles. The average Bonchev–Trinajstić information content (AvgIpc) is 3.37. The molecule has 1 aromatic heterocycles. The van der Waals surface area contributed by atoms with Crippen LogP contribution in [0.5, 0.6) is 0 Å². The Labute approximate surface area is 169 Å². The Kier molecular flexibility index (Phi) is 5.62. The van der Waals surface area contributed by atoms with Crippen molar-refractivity contribution in [2.75, 3.05) is 24.6 Å². The van der Waals surface area contributed by atoms with Gasteiger partial charge >= 0.3 is 0 Å². The van der Waals surface area contributed by atoms with Crippen molar-refractivity contribution in [1.29, 1.82) is 5.26 Å². The van der Waals surface area contributed by atoms with Crippen LogP contribution in [0.25, 0.3) is 11.3 Å². The molecule has 1 unspecified atom stereocenters. The van der Waals surface area contributed by atoms with Gasteiger partial charge in [0.25, 0.3) is 0 Å². The lowest BCUT2D eigenvalue weighted by atomic mass is 10.00. The highest BCUT2D eigenvalue weighted by atomic mass is 32.1. The van der Waals surface area contributed by atoms with Crippen LogP contribution in [0.3, 0.4) is 0 Å². The third-order valence-electron chi connectivity index (χ3n) is 5.31. The predicted octanol–water partition coefficient (Wildman–Crippen LogP) is 4.59. The quantitative estimate of drug-likeness (QED) is 0.698. The summed E-state index contributed by atoms with van der Waals surface area (Å²) >= 11 is 1.56. The number of thiazole rings is 1. The van der Waals surface area contributed by atoms with Gasteiger partial charge in [0, 0.05) is 25.3 Å². The van der Waals surface area contributed by atoms with Gasteiger partial charge in [-0.15, -0.1) is 0 Å². The van der Waals surface area contributed by atoms with Gasteiger partial charge in [-0.25, -0.2) is 9.37 Å². The van der Waals surface area contributed by atoms with Crippen LogP contribution in [0.15, 0.2) is 18.2 Å². The molecular formula is C22H22FN3OS. The van der Waals surface area contributed by atoms with Crippen LogP contribution in [0.2, 0.25) is 0 Å². The lowest BCUT2D eigenvalue weighted by molar-refractivity contribution is 0.152. The van der Waals surface area contributed by atoms with E-state index < -0.39 is 5.82 Å². The summed E-state index contributed by atoms with van der Waals surface area (Å²) in [6.07, 6.45) is 4.25. The molecule has 0 spiro atoms. The summed E-state index contributed by atoms with van der Waals surface area (Å²) in [6.45, 7) is 5.00. The van der Waals surface area contributed by atoms with Crippen molar-refractivity contribution < 1.29 is 9.13 Å². The Balaban J connectivity index is 1.70. The molecule has 144 valence electrons. The van der Waals surface area contributed by atoms with Gasteiger partial charge in [0.2, 0.25) is 0 Å². The fourth-order valence-electron chi connectivity index (χ4n) is 3.51. The van der Waals surface area contributed by atoms with E-state index in [2.05, 4.69) is 23.7 Å². The maximum Gasteiger partial charge on any atom is 0.187 e. The summed E-state index contributed by atoms with van der Waals surface area (Å²) < 4.78 is 19.8. The lowest BCUT2D eigenvalue weighted by Crippen LogP contribution is -2.32. The Morgan fingerprint density at radius 3 is 2.79 bits per heavy atom. The Morgan fingerprint density at radius 2 is 2.11 bits per heavy atom. The molecule has 6 heteroatoms. The summed E-state index contributed by atoms with van der Waals surface area (Å²) in [7, 11) is 0. The SMILES string of the molecule is CC1CCN(c2nc(-c3ccc(C#N)c(F)c3)c(C#CC3CCCO3)s2)CC1. The predicted molar refractivity (Wildman–Crippen MR) is 109 cm³/mol. The zero-order valence-corrected chi connectivity index (χ0v) is 16.7. The molecule has 3 heterocycles. The van der Waals surface area contributed by atoms with E-state index in [9.17, 15) is 4.39 Å². The zero-order chi connectivity index (χ0) is 19.5. The molecule has 2 aromatic rings. The number of hydrogen-bond acceptors (Lipinski definition) is 5. The maximum atomic E-state index is 14.2. The number of nitrogens with zero attached hydrogens (tertiary/aromatic N) is 3. The van der Waals surface area contributed by atoms with Crippen LogP contribution >= 0.6 is 11.3 Å². The van der Waals surface area contributed by atoms with Crippen molar-refractivity contribution in [3.05, 3.63) is 34.5 Å². The third-order valence-corrected chi connectivity index (χ3v) is 6.34. The summed E-state index contributed by atoms with van der Waals surface area (Å²) in [4.78, 5) is 7.95. The highest BCUT2D eigenvalue weighted by Gasteiger charge is 2.22. The first-order valence-electron chi connectivity index (χ1n) is 9.73. The number of halogens is 1. The molecule has 2 aliphatic heterocycles. The Bertz CT molecular complexity index is 954. The number of benzene rings is 1. The van der Waals surface area contributed by atoms with E-state index in [1.54, 1.807) is 17.4 Å². The summed E-state index contributed by atoms with van der Waals surface area (Å²) in [5.74, 6) is 6.65. The van der Waals surface area contributed by atoms with Crippen LogP contribution in [0, 0.1) is 34.9 Å². The number of piperidine rings is 1. The molecule has 2 fully saturated rings. The Morgan fingerprint density at radius 1 is 1.29 bits per heavy atom. The molecular weight excluding hydrogens is 373 g/mol. The van der Waals surface area contributed by atoms with Crippen LogP contribution < -0.4 is 4.90 Å². The van der Waals surface area contributed by atoms with E-state index >= 15 is 0 Å². The van der Waals surface area contributed by atoms with Crippen molar-refractivity contribution in [2.24, 2.45) is 5.92 Å². The number of aromatic nitrogens is 1. The van der Waals surface area contributed by atoms with Gasteiger partial charge in [-0.3, -0.25) is 0 Å². The van der Waals surface area contributed by atoms with Gasteiger partial charge in [-0.05, 0) is 43.7 Å². The fourth-order valence-corrected chi connectivity index (χ4v) is 4.52. The van der Waals surface area contributed by atoms with E-state index in [4.69, 9.17) is 15.0 Å². The molecule has 0 radical (unpaired) electrons. The first-order chi connectivity index (χ1) is 13.6. The van der Waals surface area contributed by atoms with Gasteiger partial charge in [0.1, 0.15) is 22.9 Å². The topological polar surface area (TPSA) is 49.2 Å². The second kappa shape index (κ2) is 8.31. The van der Waals surface area contributed by atoms with Crippen LogP contribution in [0.4, 0.5) is 9.52 Å². The molecule has 0 bridgehead atoms. The minimum Gasteiger partial charge on any atom is -0.366 e. The number of nitriles is 1. The second-order valence-electron chi connectivity index (χ2n) is 7.42. The van der Waals surface area contributed by atoms with Gasteiger partial charge < -0.3 is 9.64 Å². The van der Waals surface area contributed by atoms with Crippen LogP contribution in [0.1, 0.15) is 43.0 Å². The lowest BCUT2D eigenvalue weighted by Gasteiger charge is -2.29. The number of hydrogen-bond donors (Lipinski definition) is 0. The van der Waals surface area contributed by atoms with Crippen molar-refractivity contribution in [1.82, 2.24) is 4.98 Å². The van der Waals surface area contributed by atoms with Crippen LogP contribution in [-0.2, 0) is 4.74 Å². The molecule has 28 heavy (non-hydrogen) atoms. The fraction of sp³-hybridized carbons (Fsp3) is 0.455. The average molecular weight is 396 g/mol.